The molecule has 1 unspecified atom stereocenters. The maximum Gasteiger partial charge on any atom is 0.304 e. The highest BCUT2D eigenvalue weighted by Gasteiger charge is 2.22. The molecule has 1 aromatic rings. The number of nitrogens with zero attached hydrogens (tertiary/aromatic N) is 1. The Kier molecular flexibility index (Phi) is 4.70. The van der Waals surface area contributed by atoms with Crippen molar-refractivity contribution in [2.75, 3.05) is 11.9 Å². The van der Waals surface area contributed by atoms with E-state index in [1.54, 1.807) is 18.9 Å². The van der Waals surface area contributed by atoms with Crippen LogP contribution in [0.5, 0.6) is 0 Å². The first-order valence-electron chi connectivity index (χ1n) is 6.31. The number of carbonyl (C=O) groups is 2. The molecule has 0 aromatic heterocycles. The molecule has 4 heteroatoms. The van der Waals surface area contributed by atoms with Crippen molar-refractivity contribution in [1.82, 2.24) is 0 Å². The zero-order chi connectivity index (χ0) is 14.7. The summed E-state index contributed by atoms with van der Waals surface area (Å²) in [5.74, 6) is -1.65. The summed E-state index contributed by atoms with van der Waals surface area (Å²) in [6.07, 6.45) is -0.146. The van der Waals surface area contributed by atoms with E-state index < -0.39 is 11.9 Å². The molecular weight excluding hydrogens is 242 g/mol. The minimum absolute atomic E-state index is 0.146. The molecule has 104 valence electrons. The predicted molar refractivity (Wildman–Crippen MR) is 75.5 cm³/mol. The number of carboxylic acid groups (broad SMARTS) is 1. The van der Waals surface area contributed by atoms with Crippen LogP contribution < -0.4 is 4.90 Å². The fourth-order valence-electron chi connectivity index (χ4n) is 2.11. The van der Waals surface area contributed by atoms with Crippen LogP contribution in [0.2, 0.25) is 0 Å². The third-order valence-electron chi connectivity index (χ3n) is 3.41. The van der Waals surface area contributed by atoms with E-state index in [-0.39, 0.29) is 12.3 Å². The number of benzene rings is 1. The van der Waals surface area contributed by atoms with Crippen LogP contribution in [0.15, 0.2) is 12.1 Å². The minimum atomic E-state index is -0.953. The van der Waals surface area contributed by atoms with Gasteiger partial charge in [-0.15, -0.1) is 0 Å². The van der Waals surface area contributed by atoms with E-state index in [0.717, 1.165) is 16.8 Å². The van der Waals surface area contributed by atoms with Crippen LogP contribution in [-0.2, 0) is 9.59 Å². The molecule has 1 N–H and O–H groups in total. The average Bonchev–Trinajstić information content (AvgIpc) is 2.31. The minimum Gasteiger partial charge on any atom is -0.481 e. The summed E-state index contributed by atoms with van der Waals surface area (Å²) in [5.41, 5.74) is 4.15. The van der Waals surface area contributed by atoms with Gasteiger partial charge >= 0.3 is 5.97 Å². The molecule has 1 atom stereocenters. The quantitative estimate of drug-likeness (QED) is 0.908. The van der Waals surface area contributed by atoms with E-state index in [2.05, 4.69) is 0 Å². The molecule has 0 bridgehead atoms. The van der Waals surface area contributed by atoms with Gasteiger partial charge in [0.1, 0.15) is 0 Å². The van der Waals surface area contributed by atoms with E-state index >= 15 is 0 Å². The van der Waals surface area contributed by atoms with Crippen molar-refractivity contribution in [2.24, 2.45) is 5.92 Å². The van der Waals surface area contributed by atoms with Gasteiger partial charge in [0.15, 0.2) is 0 Å². The lowest BCUT2D eigenvalue weighted by atomic mass is 10.0. The van der Waals surface area contributed by atoms with Crippen molar-refractivity contribution < 1.29 is 14.7 Å². The third-order valence-corrected chi connectivity index (χ3v) is 3.41. The van der Waals surface area contributed by atoms with Gasteiger partial charge in [0.05, 0.1) is 6.42 Å². The monoisotopic (exact) mass is 263 g/mol. The second-order valence-electron chi connectivity index (χ2n) is 5.12. The standard InChI is InChI=1S/C15H21NO3/c1-9-6-11(3)13(7-10(9)2)16(5)15(19)12(4)8-14(17)18/h6-7,12H,8H2,1-5H3,(H,17,18). The van der Waals surface area contributed by atoms with Gasteiger partial charge in [0, 0.05) is 18.7 Å². The van der Waals surface area contributed by atoms with Gasteiger partial charge in [-0.2, -0.15) is 0 Å². The Balaban J connectivity index is 3.00. The first-order chi connectivity index (χ1) is 8.73. The molecular formula is C15H21NO3. The van der Waals surface area contributed by atoms with E-state index in [0.29, 0.717) is 0 Å². The van der Waals surface area contributed by atoms with E-state index in [4.69, 9.17) is 5.11 Å². The average molecular weight is 263 g/mol. The van der Waals surface area contributed by atoms with Crippen molar-refractivity contribution in [1.29, 1.82) is 0 Å². The van der Waals surface area contributed by atoms with Gasteiger partial charge in [-0.25, -0.2) is 0 Å². The van der Waals surface area contributed by atoms with Gasteiger partial charge < -0.3 is 10.0 Å². The molecule has 19 heavy (non-hydrogen) atoms. The highest BCUT2D eigenvalue weighted by atomic mass is 16.4. The number of hydrogen-bond donors (Lipinski definition) is 1. The molecule has 0 aliphatic carbocycles. The highest BCUT2D eigenvalue weighted by Crippen LogP contribution is 2.24. The number of aryl methyl sites for hydroxylation is 3. The van der Waals surface area contributed by atoms with Crippen LogP contribution in [0.25, 0.3) is 0 Å². The molecule has 0 spiro atoms. The summed E-state index contributed by atoms with van der Waals surface area (Å²) in [4.78, 5) is 24.4. The second-order valence-corrected chi connectivity index (χ2v) is 5.12. The Labute approximate surface area is 114 Å². The van der Waals surface area contributed by atoms with Crippen LogP contribution in [0, 0.1) is 26.7 Å². The summed E-state index contributed by atoms with van der Waals surface area (Å²) < 4.78 is 0. The van der Waals surface area contributed by atoms with Gasteiger partial charge in [-0.3, -0.25) is 9.59 Å². The van der Waals surface area contributed by atoms with E-state index in [9.17, 15) is 9.59 Å². The molecule has 0 fully saturated rings. The van der Waals surface area contributed by atoms with Crippen molar-refractivity contribution in [2.45, 2.75) is 34.1 Å². The van der Waals surface area contributed by atoms with Crippen molar-refractivity contribution in [3.8, 4) is 0 Å². The molecule has 0 heterocycles. The third kappa shape index (κ3) is 3.56. The number of hydrogen-bond acceptors (Lipinski definition) is 2. The van der Waals surface area contributed by atoms with Crippen molar-refractivity contribution >= 4 is 17.6 Å². The van der Waals surface area contributed by atoms with E-state index in [1.165, 1.54) is 5.56 Å². The molecule has 0 aliphatic heterocycles. The Bertz CT molecular complexity index is 508. The van der Waals surface area contributed by atoms with Gasteiger partial charge in [0.25, 0.3) is 0 Å². The number of anilines is 1. The molecule has 1 rings (SSSR count). The number of carbonyl (C=O) groups excluding carboxylic acids is 1. The topological polar surface area (TPSA) is 57.6 Å². The Morgan fingerprint density at radius 3 is 2.21 bits per heavy atom. The lowest BCUT2D eigenvalue weighted by Gasteiger charge is -2.23. The van der Waals surface area contributed by atoms with Crippen LogP contribution in [0.4, 0.5) is 5.69 Å². The number of carboxylic acids is 1. The van der Waals surface area contributed by atoms with E-state index in [1.807, 2.05) is 32.9 Å². The second kappa shape index (κ2) is 5.87. The summed E-state index contributed by atoms with van der Waals surface area (Å²) in [6.45, 7) is 7.62. The van der Waals surface area contributed by atoms with Gasteiger partial charge in [-0.05, 0) is 43.5 Å². The fraction of sp³-hybridized carbons (Fsp3) is 0.467. The zero-order valence-corrected chi connectivity index (χ0v) is 12.2. The first kappa shape index (κ1) is 15.2. The van der Waals surface area contributed by atoms with Crippen LogP contribution >= 0.6 is 0 Å². The molecule has 0 saturated carbocycles. The Hall–Kier alpha value is -1.84. The van der Waals surface area contributed by atoms with Crippen LogP contribution in [0.1, 0.15) is 30.0 Å². The number of aliphatic carboxylic acids is 1. The fourth-order valence-corrected chi connectivity index (χ4v) is 2.11. The molecule has 4 nitrogen and oxygen atoms in total. The molecule has 0 saturated heterocycles. The summed E-state index contributed by atoms with van der Waals surface area (Å²) in [7, 11) is 1.69. The summed E-state index contributed by atoms with van der Waals surface area (Å²) in [5, 5.41) is 8.75. The van der Waals surface area contributed by atoms with Crippen LogP contribution in [0.3, 0.4) is 0 Å². The molecule has 0 radical (unpaired) electrons. The SMILES string of the molecule is Cc1cc(C)c(N(C)C(=O)C(C)CC(=O)O)cc1C. The van der Waals surface area contributed by atoms with Gasteiger partial charge in [-0.1, -0.05) is 13.0 Å². The molecule has 1 aromatic carbocycles. The maximum absolute atomic E-state index is 12.2. The number of amides is 1. The van der Waals surface area contributed by atoms with Gasteiger partial charge in [0.2, 0.25) is 5.91 Å². The lowest BCUT2D eigenvalue weighted by Crippen LogP contribution is -2.33. The van der Waals surface area contributed by atoms with Crippen molar-refractivity contribution in [3.63, 3.8) is 0 Å². The first-order valence-corrected chi connectivity index (χ1v) is 6.31. The molecule has 1 amide bonds. The maximum atomic E-state index is 12.2. The Morgan fingerprint density at radius 1 is 1.16 bits per heavy atom. The normalized spacial score (nSPS) is 12.1. The number of rotatable bonds is 4. The largest absolute Gasteiger partial charge is 0.481 e. The Morgan fingerprint density at radius 2 is 1.68 bits per heavy atom. The summed E-state index contributed by atoms with van der Waals surface area (Å²) in [6, 6.07) is 4.01. The molecule has 0 aliphatic rings. The lowest BCUT2D eigenvalue weighted by molar-refractivity contribution is -0.140. The van der Waals surface area contributed by atoms with Crippen molar-refractivity contribution in [3.05, 3.63) is 28.8 Å². The smallest absolute Gasteiger partial charge is 0.304 e. The highest BCUT2D eigenvalue weighted by molar-refractivity contribution is 5.96. The summed E-state index contributed by atoms with van der Waals surface area (Å²) >= 11 is 0. The van der Waals surface area contributed by atoms with Crippen LogP contribution in [-0.4, -0.2) is 24.0 Å². The zero-order valence-electron chi connectivity index (χ0n) is 12.2. The predicted octanol–water partition coefficient (Wildman–Crippen LogP) is 2.69.